The number of thiazole rings is 1. The Balaban J connectivity index is 1.52. The van der Waals surface area contributed by atoms with E-state index in [4.69, 9.17) is 10.7 Å². The molecule has 1 aliphatic heterocycles. The van der Waals surface area contributed by atoms with Gasteiger partial charge in [-0.3, -0.25) is 0 Å². The second-order valence-corrected chi connectivity index (χ2v) is 9.90. The zero-order chi connectivity index (χ0) is 18.8. The second-order valence-electron chi connectivity index (χ2n) is 6.60. The minimum Gasteiger partial charge on any atom is -0.384 e. The maximum atomic E-state index is 5.85. The molecule has 27 heavy (non-hydrogen) atoms. The largest absolute Gasteiger partial charge is 0.384 e. The van der Waals surface area contributed by atoms with Crippen LogP contribution in [0.4, 0.5) is 5.82 Å². The third kappa shape index (κ3) is 4.31. The van der Waals surface area contributed by atoms with Crippen LogP contribution in [-0.4, -0.2) is 15.0 Å². The molecule has 2 aromatic heterocycles. The number of nitrogen functional groups attached to an aromatic ring is 1. The van der Waals surface area contributed by atoms with E-state index in [2.05, 4.69) is 41.2 Å². The van der Waals surface area contributed by atoms with Crippen LogP contribution in [0.1, 0.15) is 45.4 Å². The van der Waals surface area contributed by atoms with Gasteiger partial charge in [-0.25, -0.2) is 15.0 Å². The predicted molar refractivity (Wildman–Crippen MR) is 116 cm³/mol. The molecule has 0 saturated heterocycles. The topological polar surface area (TPSA) is 64.7 Å². The molecule has 0 radical (unpaired) electrons. The Hall–Kier alpha value is -1.57. The predicted octanol–water partition coefficient (Wildman–Crippen LogP) is 5.46. The second kappa shape index (κ2) is 8.20. The molecule has 7 heteroatoms. The lowest BCUT2D eigenvalue weighted by atomic mass is 10.1. The summed E-state index contributed by atoms with van der Waals surface area (Å²) in [4.78, 5) is 16.7. The Kier molecular flexibility index (Phi) is 5.71. The molecular formula is C20H22N4S3. The summed E-state index contributed by atoms with van der Waals surface area (Å²) in [5.74, 6) is 1.32. The van der Waals surface area contributed by atoms with Crippen LogP contribution in [-0.2, 0) is 18.6 Å². The molecule has 140 valence electrons. The number of aryl methyl sites for hydroxylation is 2. The average Bonchev–Trinajstić information content (AvgIpc) is 3.23. The number of thioether (sulfide) groups is 2. The van der Waals surface area contributed by atoms with Gasteiger partial charge in [0.1, 0.15) is 10.8 Å². The van der Waals surface area contributed by atoms with Crippen molar-refractivity contribution in [2.75, 3.05) is 5.73 Å². The Labute approximate surface area is 172 Å². The van der Waals surface area contributed by atoms with Crippen LogP contribution >= 0.6 is 34.9 Å². The third-order valence-electron chi connectivity index (χ3n) is 4.39. The zero-order valence-corrected chi connectivity index (χ0v) is 17.9. The monoisotopic (exact) mass is 414 g/mol. The molecule has 3 aromatic rings. The zero-order valence-electron chi connectivity index (χ0n) is 15.4. The fourth-order valence-corrected chi connectivity index (χ4v) is 6.77. The van der Waals surface area contributed by atoms with Gasteiger partial charge < -0.3 is 5.73 Å². The van der Waals surface area contributed by atoms with E-state index in [1.165, 1.54) is 26.0 Å². The lowest BCUT2D eigenvalue weighted by molar-refractivity contribution is 0.903. The third-order valence-corrected chi connectivity index (χ3v) is 7.99. The highest BCUT2D eigenvalue weighted by molar-refractivity contribution is 8.00. The molecule has 0 spiro atoms. The maximum absolute atomic E-state index is 5.85. The Morgan fingerprint density at radius 1 is 1.22 bits per heavy atom. The number of hydrogen-bond donors (Lipinski definition) is 1. The van der Waals surface area contributed by atoms with Gasteiger partial charge in [-0.05, 0) is 31.4 Å². The van der Waals surface area contributed by atoms with Crippen LogP contribution in [0.25, 0.3) is 0 Å². The lowest BCUT2D eigenvalue weighted by Gasteiger charge is -2.03. The molecule has 3 heterocycles. The molecule has 0 saturated carbocycles. The van der Waals surface area contributed by atoms with E-state index >= 15 is 0 Å². The number of benzene rings is 1. The molecule has 1 unspecified atom stereocenters. The molecule has 0 fully saturated rings. The van der Waals surface area contributed by atoms with Crippen molar-refractivity contribution in [3.8, 4) is 0 Å². The van der Waals surface area contributed by atoms with Gasteiger partial charge in [0.05, 0.1) is 10.9 Å². The summed E-state index contributed by atoms with van der Waals surface area (Å²) >= 11 is 5.45. The van der Waals surface area contributed by atoms with Crippen molar-refractivity contribution in [1.82, 2.24) is 15.0 Å². The van der Waals surface area contributed by atoms with E-state index in [9.17, 15) is 0 Å². The summed E-state index contributed by atoms with van der Waals surface area (Å²) in [7, 11) is 0. The van der Waals surface area contributed by atoms with Crippen molar-refractivity contribution in [2.45, 2.75) is 54.2 Å². The SMILES string of the molecule is CCCc1sc(C2Cc3ccccc3S2)nc1CSc1nc(C)cc(N)n1. The van der Waals surface area contributed by atoms with E-state index in [0.717, 1.165) is 35.9 Å². The van der Waals surface area contributed by atoms with Crippen LogP contribution in [0.2, 0.25) is 0 Å². The Morgan fingerprint density at radius 2 is 2.07 bits per heavy atom. The standard InChI is InChI=1S/C20H22N4S3/c1-3-6-16-14(11-25-20-22-12(2)9-18(21)24-20)23-19(27-16)17-10-13-7-4-5-8-15(13)26-17/h4-5,7-9,17H,3,6,10-11H2,1-2H3,(H2,21,22,24). The van der Waals surface area contributed by atoms with E-state index in [0.29, 0.717) is 11.1 Å². The molecule has 0 bridgehead atoms. The number of rotatable bonds is 6. The van der Waals surface area contributed by atoms with Crippen LogP contribution in [0.3, 0.4) is 0 Å². The molecule has 0 amide bonds. The Morgan fingerprint density at radius 3 is 2.85 bits per heavy atom. The van der Waals surface area contributed by atoms with Crippen molar-refractivity contribution in [3.05, 3.63) is 57.2 Å². The minimum atomic E-state index is 0.438. The number of nitrogens with zero attached hydrogens (tertiary/aromatic N) is 3. The summed E-state index contributed by atoms with van der Waals surface area (Å²) in [6.45, 7) is 4.17. The maximum Gasteiger partial charge on any atom is 0.190 e. The van der Waals surface area contributed by atoms with Gasteiger partial charge in [-0.15, -0.1) is 23.1 Å². The number of fused-ring (bicyclic) bond motifs is 1. The fourth-order valence-electron chi connectivity index (χ4n) is 3.16. The van der Waals surface area contributed by atoms with Crippen molar-refractivity contribution >= 4 is 40.7 Å². The first kappa shape index (κ1) is 18.8. The van der Waals surface area contributed by atoms with Crippen molar-refractivity contribution in [2.24, 2.45) is 0 Å². The van der Waals surface area contributed by atoms with Gasteiger partial charge in [0, 0.05) is 27.3 Å². The molecule has 1 aliphatic rings. The molecular weight excluding hydrogens is 392 g/mol. The normalized spacial score (nSPS) is 15.9. The van der Waals surface area contributed by atoms with E-state index in [1.807, 2.05) is 30.0 Å². The number of hydrogen-bond acceptors (Lipinski definition) is 7. The Bertz CT molecular complexity index is 909. The van der Waals surface area contributed by atoms with Gasteiger partial charge in [0.15, 0.2) is 5.16 Å². The molecule has 0 aliphatic carbocycles. The molecule has 4 rings (SSSR count). The smallest absolute Gasteiger partial charge is 0.190 e. The summed E-state index contributed by atoms with van der Waals surface area (Å²) in [6, 6.07) is 10.5. The van der Waals surface area contributed by atoms with Gasteiger partial charge in [-0.2, -0.15) is 0 Å². The van der Waals surface area contributed by atoms with Crippen LogP contribution in [0.5, 0.6) is 0 Å². The van der Waals surface area contributed by atoms with E-state index in [-0.39, 0.29) is 0 Å². The van der Waals surface area contributed by atoms with Crippen LogP contribution < -0.4 is 5.73 Å². The first-order valence-corrected chi connectivity index (χ1v) is 11.8. The number of nitrogens with two attached hydrogens (primary N) is 1. The van der Waals surface area contributed by atoms with Crippen LogP contribution in [0.15, 0.2) is 40.4 Å². The summed E-state index contributed by atoms with van der Waals surface area (Å²) in [5, 5.41) is 2.42. The minimum absolute atomic E-state index is 0.438. The van der Waals surface area contributed by atoms with Crippen molar-refractivity contribution < 1.29 is 0 Å². The first-order valence-electron chi connectivity index (χ1n) is 9.09. The van der Waals surface area contributed by atoms with E-state index < -0.39 is 0 Å². The summed E-state index contributed by atoms with van der Waals surface area (Å²) in [6.07, 6.45) is 3.28. The van der Waals surface area contributed by atoms with Gasteiger partial charge in [-0.1, -0.05) is 43.3 Å². The molecule has 1 aromatic carbocycles. The molecule has 2 N–H and O–H groups in total. The van der Waals surface area contributed by atoms with E-state index in [1.54, 1.807) is 17.8 Å². The summed E-state index contributed by atoms with van der Waals surface area (Å²) < 4.78 is 0. The van der Waals surface area contributed by atoms with Crippen LogP contribution in [0, 0.1) is 6.92 Å². The number of anilines is 1. The fraction of sp³-hybridized carbons (Fsp3) is 0.350. The quantitative estimate of drug-likeness (QED) is 0.427. The lowest BCUT2D eigenvalue weighted by Crippen LogP contribution is -1.98. The first-order chi connectivity index (χ1) is 13.1. The summed E-state index contributed by atoms with van der Waals surface area (Å²) in [5.41, 5.74) is 9.38. The highest BCUT2D eigenvalue weighted by Crippen LogP contribution is 2.47. The van der Waals surface area contributed by atoms with Gasteiger partial charge in [0.2, 0.25) is 0 Å². The van der Waals surface area contributed by atoms with Crippen molar-refractivity contribution in [1.29, 1.82) is 0 Å². The van der Waals surface area contributed by atoms with Crippen molar-refractivity contribution in [3.63, 3.8) is 0 Å². The molecule has 1 atom stereocenters. The number of aromatic nitrogens is 3. The van der Waals surface area contributed by atoms with Gasteiger partial charge >= 0.3 is 0 Å². The highest BCUT2D eigenvalue weighted by atomic mass is 32.2. The highest BCUT2D eigenvalue weighted by Gasteiger charge is 2.27. The average molecular weight is 415 g/mol. The van der Waals surface area contributed by atoms with Gasteiger partial charge in [0.25, 0.3) is 0 Å². The molecule has 4 nitrogen and oxygen atoms in total.